The number of nitrogens with one attached hydrogen (secondary N) is 1. The Labute approximate surface area is 66.8 Å². The molecule has 1 aliphatic heterocycles. The highest BCUT2D eigenvalue weighted by Crippen LogP contribution is 2.29. The van der Waals surface area contributed by atoms with E-state index in [2.05, 4.69) is 17.9 Å². The van der Waals surface area contributed by atoms with Gasteiger partial charge in [0, 0.05) is 4.75 Å². The third-order valence-corrected chi connectivity index (χ3v) is 2.25. The lowest BCUT2D eigenvalue weighted by molar-refractivity contribution is -0.134. The monoisotopic (exact) mass is 159 g/mol. The Bertz CT molecular complexity index is 161. The van der Waals surface area contributed by atoms with Gasteiger partial charge in [0.05, 0.1) is 12.0 Å². The van der Waals surface area contributed by atoms with E-state index in [1.807, 2.05) is 20.8 Å². The van der Waals surface area contributed by atoms with Crippen LogP contribution in [0, 0.1) is 5.92 Å². The molecule has 3 heteroatoms. The molecule has 0 radical (unpaired) electrons. The molecular weight excluding hydrogens is 146 g/mol. The summed E-state index contributed by atoms with van der Waals surface area (Å²) < 4.78 is -0.0900. The van der Waals surface area contributed by atoms with Crippen molar-refractivity contribution in [3.05, 3.63) is 0 Å². The summed E-state index contributed by atoms with van der Waals surface area (Å²) in [6.07, 6.45) is 0. The molecule has 0 aliphatic carbocycles. The van der Waals surface area contributed by atoms with Crippen molar-refractivity contribution in [2.45, 2.75) is 31.6 Å². The number of rotatable bonds is 1. The SMILES string of the molecule is CC1C(=O)NC1C(C)(C)S. The van der Waals surface area contributed by atoms with Gasteiger partial charge in [0.2, 0.25) is 5.91 Å². The molecule has 1 amide bonds. The van der Waals surface area contributed by atoms with Crippen LogP contribution < -0.4 is 5.32 Å². The maximum absolute atomic E-state index is 10.7. The lowest BCUT2D eigenvalue weighted by Gasteiger charge is -2.42. The molecule has 0 aromatic heterocycles. The van der Waals surface area contributed by atoms with Gasteiger partial charge in [0.15, 0.2) is 0 Å². The van der Waals surface area contributed by atoms with E-state index < -0.39 is 0 Å². The molecule has 0 saturated carbocycles. The molecular formula is C7H13NOS. The molecule has 1 N–H and O–H groups in total. The average Bonchev–Trinajstić information content (AvgIpc) is 1.79. The van der Waals surface area contributed by atoms with Crippen LogP contribution >= 0.6 is 12.6 Å². The number of thiol groups is 1. The van der Waals surface area contributed by atoms with E-state index in [1.165, 1.54) is 0 Å². The smallest absolute Gasteiger partial charge is 0.225 e. The van der Waals surface area contributed by atoms with Gasteiger partial charge >= 0.3 is 0 Å². The third-order valence-electron chi connectivity index (χ3n) is 1.97. The maximum atomic E-state index is 10.7. The van der Waals surface area contributed by atoms with Gasteiger partial charge in [-0.15, -0.1) is 0 Å². The van der Waals surface area contributed by atoms with Gasteiger partial charge < -0.3 is 5.32 Å². The van der Waals surface area contributed by atoms with Crippen molar-refractivity contribution < 1.29 is 4.79 Å². The summed E-state index contributed by atoms with van der Waals surface area (Å²) in [6.45, 7) is 5.95. The third kappa shape index (κ3) is 1.15. The summed E-state index contributed by atoms with van der Waals surface area (Å²) in [5, 5.41) is 2.82. The second-order valence-corrected chi connectivity index (χ2v) is 4.58. The van der Waals surface area contributed by atoms with Crippen molar-refractivity contribution in [3.63, 3.8) is 0 Å². The molecule has 2 nitrogen and oxygen atoms in total. The lowest BCUT2D eigenvalue weighted by atomic mass is 9.84. The molecule has 2 atom stereocenters. The van der Waals surface area contributed by atoms with Gasteiger partial charge in [-0.2, -0.15) is 12.6 Å². The topological polar surface area (TPSA) is 29.1 Å². The lowest BCUT2D eigenvalue weighted by Crippen LogP contribution is -2.64. The molecule has 58 valence electrons. The minimum Gasteiger partial charge on any atom is -0.351 e. The van der Waals surface area contributed by atoms with Gasteiger partial charge in [-0.05, 0) is 13.8 Å². The summed E-state index contributed by atoms with van der Waals surface area (Å²) in [5.41, 5.74) is 0. The van der Waals surface area contributed by atoms with Crippen molar-refractivity contribution in [1.82, 2.24) is 5.32 Å². The molecule has 1 saturated heterocycles. The second-order valence-electron chi connectivity index (χ2n) is 3.43. The summed E-state index contributed by atoms with van der Waals surface area (Å²) in [5.74, 6) is 0.277. The second kappa shape index (κ2) is 2.16. The average molecular weight is 159 g/mol. The van der Waals surface area contributed by atoms with E-state index in [-0.39, 0.29) is 22.6 Å². The number of amides is 1. The van der Waals surface area contributed by atoms with Crippen molar-refractivity contribution in [2.24, 2.45) is 5.92 Å². The zero-order chi connectivity index (χ0) is 7.94. The van der Waals surface area contributed by atoms with E-state index in [1.54, 1.807) is 0 Å². The highest BCUT2D eigenvalue weighted by atomic mass is 32.1. The van der Waals surface area contributed by atoms with Crippen LogP contribution in [0.25, 0.3) is 0 Å². The fraction of sp³-hybridized carbons (Fsp3) is 0.857. The maximum Gasteiger partial charge on any atom is 0.225 e. The van der Waals surface area contributed by atoms with Crippen molar-refractivity contribution in [1.29, 1.82) is 0 Å². The Kier molecular flexibility index (Phi) is 1.71. The number of hydrogen-bond acceptors (Lipinski definition) is 2. The van der Waals surface area contributed by atoms with Gasteiger partial charge in [-0.25, -0.2) is 0 Å². The first-order chi connectivity index (χ1) is 4.43. The fourth-order valence-corrected chi connectivity index (χ4v) is 1.54. The highest BCUT2D eigenvalue weighted by molar-refractivity contribution is 7.81. The Morgan fingerprint density at radius 2 is 2.10 bits per heavy atom. The molecule has 0 aromatic carbocycles. The number of β-lactam (4-membered cyclic amide) rings is 1. The normalized spacial score (nSPS) is 33.0. The van der Waals surface area contributed by atoms with Crippen LogP contribution in [0.1, 0.15) is 20.8 Å². The van der Waals surface area contributed by atoms with E-state index >= 15 is 0 Å². The van der Waals surface area contributed by atoms with Crippen LogP contribution in [0.3, 0.4) is 0 Å². The molecule has 1 heterocycles. The van der Waals surface area contributed by atoms with E-state index in [9.17, 15) is 4.79 Å². The van der Waals surface area contributed by atoms with Crippen molar-refractivity contribution in [3.8, 4) is 0 Å². The summed E-state index contributed by atoms with van der Waals surface area (Å²) in [7, 11) is 0. The Morgan fingerprint density at radius 1 is 1.60 bits per heavy atom. The number of carbonyl (C=O) groups excluding carboxylic acids is 1. The quantitative estimate of drug-likeness (QED) is 0.430. The standard InChI is InChI=1S/C7H13NOS/c1-4-5(7(2,3)10)8-6(4)9/h4-5,10H,1-3H3,(H,8,9). The van der Waals surface area contributed by atoms with Crippen LogP contribution in [0.4, 0.5) is 0 Å². The predicted molar refractivity (Wildman–Crippen MR) is 44.2 cm³/mol. The Morgan fingerprint density at radius 3 is 2.20 bits per heavy atom. The zero-order valence-corrected chi connectivity index (χ0v) is 7.40. The first kappa shape index (κ1) is 7.92. The summed E-state index contributed by atoms with van der Waals surface area (Å²) in [6, 6.07) is 0.239. The van der Waals surface area contributed by atoms with E-state index in [4.69, 9.17) is 0 Å². The molecule has 1 rings (SSSR count). The summed E-state index contributed by atoms with van der Waals surface area (Å²) >= 11 is 4.37. The minimum absolute atomic E-state index is 0.0900. The first-order valence-corrected chi connectivity index (χ1v) is 3.90. The Hall–Kier alpha value is -0.180. The van der Waals surface area contributed by atoms with Crippen molar-refractivity contribution in [2.75, 3.05) is 0 Å². The summed E-state index contributed by atoms with van der Waals surface area (Å²) in [4.78, 5) is 10.7. The van der Waals surface area contributed by atoms with Gasteiger partial charge in [-0.1, -0.05) is 6.92 Å². The highest BCUT2D eigenvalue weighted by Gasteiger charge is 2.43. The van der Waals surface area contributed by atoms with Crippen LogP contribution in [-0.2, 0) is 4.79 Å². The van der Waals surface area contributed by atoms with Crippen LogP contribution in [0.2, 0.25) is 0 Å². The zero-order valence-electron chi connectivity index (χ0n) is 6.51. The first-order valence-electron chi connectivity index (χ1n) is 3.45. The molecule has 1 aliphatic rings. The van der Waals surface area contributed by atoms with E-state index in [0.29, 0.717) is 0 Å². The fourth-order valence-electron chi connectivity index (χ4n) is 1.25. The number of hydrogen-bond donors (Lipinski definition) is 2. The largest absolute Gasteiger partial charge is 0.351 e. The van der Waals surface area contributed by atoms with Crippen LogP contribution in [0.5, 0.6) is 0 Å². The van der Waals surface area contributed by atoms with Crippen molar-refractivity contribution >= 4 is 18.5 Å². The predicted octanol–water partition coefficient (Wildman–Crippen LogP) is 0.829. The van der Waals surface area contributed by atoms with Crippen LogP contribution in [0.15, 0.2) is 0 Å². The van der Waals surface area contributed by atoms with Gasteiger partial charge in [0.1, 0.15) is 0 Å². The molecule has 1 fully saturated rings. The Balaban J connectivity index is 2.56. The molecule has 0 bridgehead atoms. The molecule has 0 spiro atoms. The molecule has 0 aromatic rings. The molecule has 10 heavy (non-hydrogen) atoms. The molecule has 2 unspecified atom stereocenters. The number of carbonyl (C=O) groups is 1. The van der Waals surface area contributed by atoms with Gasteiger partial charge in [0.25, 0.3) is 0 Å². The van der Waals surface area contributed by atoms with Gasteiger partial charge in [-0.3, -0.25) is 4.79 Å². The minimum atomic E-state index is -0.0900. The van der Waals surface area contributed by atoms with Crippen LogP contribution in [-0.4, -0.2) is 16.7 Å². The van der Waals surface area contributed by atoms with E-state index in [0.717, 1.165) is 0 Å².